The third-order valence-corrected chi connectivity index (χ3v) is 12.5. The van der Waals surface area contributed by atoms with Gasteiger partial charge in [0.25, 0.3) is 0 Å². The van der Waals surface area contributed by atoms with Gasteiger partial charge in [0.1, 0.15) is 5.75 Å². The first kappa shape index (κ1) is 28.5. The summed E-state index contributed by atoms with van der Waals surface area (Å²) >= 11 is 1.11. The van der Waals surface area contributed by atoms with Gasteiger partial charge >= 0.3 is 12.1 Å². The third kappa shape index (κ3) is 6.47. The zero-order chi connectivity index (χ0) is 25.7. The zero-order valence-corrected chi connectivity index (χ0v) is 23.0. The molecular weight excluding hydrogens is 476 g/mol. The second-order valence-corrected chi connectivity index (χ2v) is 15.9. The fraction of sp³-hybridized carbons (Fsp3) is 0.667. The summed E-state index contributed by atoms with van der Waals surface area (Å²) in [4.78, 5) is 23.5. The van der Waals surface area contributed by atoms with Gasteiger partial charge in [-0.1, -0.05) is 33.8 Å². The fourth-order valence-electron chi connectivity index (χ4n) is 3.55. The number of hydrogen-bond donors (Lipinski definition) is 2. The molecule has 2 N–H and O–H groups in total. The Balaban J connectivity index is 2.26. The summed E-state index contributed by atoms with van der Waals surface area (Å²) in [5, 5.41) is 19.3. The lowest BCUT2D eigenvalue weighted by molar-refractivity contribution is -0.172. The number of thioether (sulfide) groups is 1. The Labute approximate surface area is 207 Å². The summed E-state index contributed by atoms with van der Waals surface area (Å²) in [6.45, 7) is 15.8. The molecule has 1 saturated heterocycles. The SMILES string of the molecule is CCOc1ccc(CSC(OC(=O)O)C2(C(=O)O)OCCC2C)cc1CO[Si](C)(C)C(C)(C)C. The Hall–Kier alpha value is -1.75. The smallest absolute Gasteiger partial charge is 0.494 e. The van der Waals surface area contributed by atoms with Crippen molar-refractivity contribution >= 4 is 32.2 Å². The van der Waals surface area contributed by atoms with Crippen LogP contribution < -0.4 is 4.74 Å². The summed E-state index contributed by atoms with van der Waals surface area (Å²) < 4.78 is 22.8. The van der Waals surface area contributed by atoms with Crippen LogP contribution in [-0.4, -0.2) is 54.9 Å². The molecule has 0 amide bonds. The van der Waals surface area contributed by atoms with Gasteiger partial charge in [-0.15, -0.1) is 11.8 Å². The van der Waals surface area contributed by atoms with Gasteiger partial charge in [0.2, 0.25) is 5.60 Å². The number of rotatable bonds is 11. The van der Waals surface area contributed by atoms with Crippen molar-refractivity contribution in [2.24, 2.45) is 5.92 Å². The molecule has 1 aromatic rings. The maximum absolute atomic E-state index is 12.2. The van der Waals surface area contributed by atoms with Crippen LogP contribution in [0.25, 0.3) is 0 Å². The number of carboxylic acid groups (broad SMARTS) is 2. The molecule has 8 nitrogen and oxygen atoms in total. The van der Waals surface area contributed by atoms with E-state index in [-0.39, 0.29) is 11.6 Å². The number of ether oxygens (including phenoxy) is 3. The summed E-state index contributed by atoms with van der Waals surface area (Å²) in [7, 11) is -1.98. The first-order valence-electron chi connectivity index (χ1n) is 11.5. The summed E-state index contributed by atoms with van der Waals surface area (Å²) in [5.41, 5.74) is -1.15. The molecule has 0 saturated carbocycles. The van der Waals surface area contributed by atoms with Crippen LogP contribution in [0.5, 0.6) is 5.75 Å². The van der Waals surface area contributed by atoms with E-state index in [1.165, 1.54) is 0 Å². The van der Waals surface area contributed by atoms with Gasteiger partial charge in [-0.3, -0.25) is 0 Å². The molecule has 3 atom stereocenters. The van der Waals surface area contributed by atoms with Crippen LogP contribution in [-0.2, 0) is 31.1 Å². The molecule has 1 aromatic carbocycles. The van der Waals surface area contributed by atoms with E-state index in [0.29, 0.717) is 25.4 Å². The van der Waals surface area contributed by atoms with Crippen LogP contribution in [0.3, 0.4) is 0 Å². The normalized spacial score (nSPS) is 21.8. The second-order valence-electron chi connectivity index (χ2n) is 10.1. The topological polar surface area (TPSA) is 112 Å². The highest BCUT2D eigenvalue weighted by molar-refractivity contribution is 7.99. The highest BCUT2D eigenvalue weighted by Crippen LogP contribution is 2.42. The lowest BCUT2D eigenvalue weighted by atomic mass is 9.89. The van der Waals surface area contributed by atoms with Gasteiger partial charge in [-0.2, -0.15) is 0 Å². The minimum atomic E-state index is -1.98. The minimum Gasteiger partial charge on any atom is -0.494 e. The van der Waals surface area contributed by atoms with Gasteiger partial charge in [0, 0.05) is 23.8 Å². The molecule has 10 heteroatoms. The molecular formula is C24H38O8SSi. The number of benzene rings is 1. The van der Waals surface area contributed by atoms with E-state index >= 15 is 0 Å². The third-order valence-electron chi connectivity index (χ3n) is 6.74. The quantitative estimate of drug-likeness (QED) is 0.217. The Morgan fingerprint density at radius 2 is 1.97 bits per heavy atom. The summed E-state index contributed by atoms with van der Waals surface area (Å²) in [5.74, 6) is -0.534. The number of aliphatic carboxylic acids is 1. The first-order chi connectivity index (χ1) is 15.7. The fourth-order valence-corrected chi connectivity index (χ4v) is 5.82. The van der Waals surface area contributed by atoms with Crippen molar-refractivity contribution in [3.05, 3.63) is 29.3 Å². The predicted molar refractivity (Wildman–Crippen MR) is 134 cm³/mol. The molecule has 0 aromatic heterocycles. The van der Waals surface area contributed by atoms with Crippen molar-refractivity contribution in [1.82, 2.24) is 0 Å². The van der Waals surface area contributed by atoms with Crippen LogP contribution in [0.4, 0.5) is 4.79 Å². The van der Waals surface area contributed by atoms with Crippen LogP contribution >= 0.6 is 11.8 Å². The largest absolute Gasteiger partial charge is 0.507 e. The molecule has 34 heavy (non-hydrogen) atoms. The molecule has 0 radical (unpaired) electrons. The van der Waals surface area contributed by atoms with Crippen LogP contribution in [0.1, 0.15) is 52.2 Å². The Bertz CT molecular complexity index is 869. The predicted octanol–water partition coefficient (Wildman–Crippen LogP) is 5.74. The summed E-state index contributed by atoms with van der Waals surface area (Å²) in [6.07, 6.45) is -1.01. The molecule has 1 aliphatic rings. The average molecular weight is 515 g/mol. The van der Waals surface area contributed by atoms with Crippen molar-refractivity contribution in [2.75, 3.05) is 13.2 Å². The molecule has 0 aliphatic carbocycles. The highest BCUT2D eigenvalue weighted by atomic mass is 32.2. The van der Waals surface area contributed by atoms with Gasteiger partial charge < -0.3 is 28.8 Å². The van der Waals surface area contributed by atoms with Crippen LogP contribution in [0.15, 0.2) is 18.2 Å². The summed E-state index contributed by atoms with van der Waals surface area (Å²) in [6, 6.07) is 5.73. The number of carbonyl (C=O) groups is 2. The Kier molecular flexibility index (Phi) is 9.49. The Morgan fingerprint density at radius 1 is 1.29 bits per heavy atom. The van der Waals surface area contributed by atoms with Crippen molar-refractivity contribution < 1.29 is 38.4 Å². The average Bonchev–Trinajstić information content (AvgIpc) is 3.12. The van der Waals surface area contributed by atoms with E-state index in [2.05, 4.69) is 33.9 Å². The van der Waals surface area contributed by atoms with E-state index in [0.717, 1.165) is 28.6 Å². The molecule has 0 bridgehead atoms. The van der Waals surface area contributed by atoms with E-state index in [4.69, 9.17) is 18.6 Å². The van der Waals surface area contributed by atoms with Crippen molar-refractivity contribution in [2.45, 2.75) is 82.6 Å². The van der Waals surface area contributed by atoms with Gasteiger partial charge in [-0.05, 0) is 49.2 Å². The van der Waals surface area contributed by atoms with Crippen LogP contribution in [0.2, 0.25) is 18.1 Å². The molecule has 2 rings (SSSR count). The van der Waals surface area contributed by atoms with Crippen molar-refractivity contribution in [3.63, 3.8) is 0 Å². The van der Waals surface area contributed by atoms with Gasteiger partial charge in [0.15, 0.2) is 13.8 Å². The molecule has 1 aliphatic heterocycles. The molecule has 3 unspecified atom stereocenters. The van der Waals surface area contributed by atoms with Crippen molar-refractivity contribution in [1.29, 1.82) is 0 Å². The maximum Gasteiger partial charge on any atom is 0.507 e. The zero-order valence-electron chi connectivity index (χ0n) is 21.2. The lowest BCUT2D eigenvalue weighted by Gasteiger charge is -2.36. The molecule has 1 heterocycles. The van der Waals surface area contributed by atoms with E-state index in [1.54, 1.807) is 6.92 Å². The van der Waals surface area contributed by atoms with Crippen LogP contribution in [0, 0.1) is 5.92 Å². The molecule has 1 fully saturated rings. The maximum atomic E-state index is 12.2. The Morgan fingerprint density at radius 3 is 2.47 bits per heavy atom. The van der Waals surface area contributed by atoms with E-state index < -0.39 is 37.4 Å². The highest BCUT2D eigenvalue weighted by Gasteiger charge is 2.57. The number of hydrogen-bond acceptors (Lipinski definition) is 7. The van der Waals surface area contributed by atoms with Gasteiger partial charge in [-0.25, -0.2) is 9.59 Å². The minimum absolute atomic E-state index is 0.0662. The number of carboxylic acids is 1. The van der Waals surface area contributed by atoms with Gasteiger partial charge in [0.05, 0.1) is 13.2 Å². The molecule has 192 valence electrons. The standard InChI is InChI=1S/C24H38O8SSi/c1-8-29-19-10-9-17(13-18(19)14-31-34(6,7)23(3,4)5)15-33-21(32-22(27)28)24(20(25)26)16(2)11-12-30-24/h9-10,13,16,21H,8,11-12,14-15H2,1-7H3,(H,25,26)(H,27,28). The van der Waals surface area contributed by atoms with Crippen molar-refractivity contribution in [3.8, 4) is 5.75 Å². The van der Waals surface area contributed by atoms with E-state index in [1.807, 2.05) is 25.1 Å². The monoisotopic (exact) mass is 514 g/mol. The van der Waals surface area contributed by atoms with E-state index in [9.17, 15) is 19.8 Å². The molecule has 0 spiro atoms. The second kappa shape index (κ2) is 11.3. The first-order valence-corrected chi connectivity index (χ1v) is 15.5. The lowest BCUT2D eigenvalue weighted by Crippen LogP contribution is -2.53.